The molecule has 0 aliphatic carbocycles. The topological polar surface area (TPSA) is 41.4 Å². The van der Waals surface area contributed by atoms with E-state index in [0.717, 1.165) is 56.6 Å². The highest BCUT2D eigenvalue weighted by atomic mass is 16.2. The van der Waals surface area contributed by atoms with Gasteiger partial charge in [-0.1, -0.05) is 6.92 Å². The molecule has 22 heavy (non-hydrogen) atoms. The molecule has 5 heteroatoms. The van der Waals surface area contributed by atoms with Crippen molar-refractivity contribution in [2.24, 2.45) is 0 Å². The SMILES string of the molecule is CCCn1ncc(C(=O)N2CCCCC2CCN(C)C)c1C. The van der Waals surface area contributed by atoms with Crippen LogP contribution in [-0.4, -0.2) is 58.7 Å². The number of carbonyl (C=O) groups excluding carboxylic acids is 1. The van der Waals surface area contributed by atoms with Crippen LogP contribution in [0.5, 0.6) is 0 Å². The number of amides is 1. The maximum Gasteiger partial charge on any atom is 0.257 e. The van der Waals surface area contributed by atoms with E-state index in [2.05, 4.69) is 35.9 Å². The standard InChI is InChI=1S/C17H30N4O/c1-5-10-21-14(2)16(13-18-21)17(22)20-11-7-6-8-15(20)9-12-19(3)4/h13,15H,5-12H2,1-4H3. The average Bonchev–Trinajstić information content (AvgIpc) is 2.86. The Kier molecular flexibility index (Phi) is 6.00. The minimum absolute atomic E-state index is 0.170. The van der Waals surface area contributed by atoms with Crippen LogP contribution in [0.2, 0.25) is 0 Å². The van der Waals surface area contributed by atoms with Gasteiger partial charge in [0.15, 0.2) is 0 Å². The maximum atomic E-state index is 13.0. The Morgan fingerprint density at radius 3 is 2.86 bits per heavy atom. The predicted octanol–water partition coefficient (Wildman–Crippen LogP) is 2.55. The van der Waals surface area contributed by atoms with Crippen LogP contribution < -0.4 is 0 Å². The van der Waals surface area contributed by atoms with Gasteiger partial charge in [-0.2, -0.15) is 5.10 Å². The van der Waals surface area contributed by atoms with E-state index in [1.165, 1.54) is 6.42 Å². The maximum absolute atomic E-state index is 13.0. The Morgan fingerprint density at radius 2 is 2.18 bits per heavy atom. The second-order valence-electron chi connectivity index (χ2n) is 6.61. The van der Waals surface area contributed by atoms with Gasteiger partial charge in [0, 0.05) is 24.8 Å². The molecule has 1 unspecified atom stereocenters. The summed E-state index contributed by atoms with van der Waals surface area (Å²) < 4.78 is 1.95. The Hall–Kier alpha value is -1.36. The van der Waals surface area contributed by atoms with E-state index >= 15 is 0 Å². The summed E-state index contributed by atoms with van der Waals surface area (Å²) in [6.45, 7) is 6.93. The number of carbonyl (C=O) groups is 1. The highest BCUT2D eigenvalue weighted by Gasteiger charge is 2.29. The third kappa shape index (κ3) is 3.88. The number of likely N-dealkylation sites (tertiary alicyclic amines) is 1. The Morgan fingerprint density at radius 1 is 1.41 bits per heavy atom. The third-order valence-corrected chi connectivity index (χ3v) is 4.57. The summed E-state index contributed by atoms with van der Waals surface area (Å²) in [5, 5.41) is 4.38. The van der Waals surface area contributed by atoms with Crippen molar-refractivity contribution in [1.82, 2.24) is 19.6 Å². The van der Waals surface area contributed by atoms with Crippen molar-refractivity contribution in [1.29, 1.82) is 0 Å². The van der Waals surface area contributed by atoms with Crippen molar-refractivity contribution < 1.29 is 4.79 Å². The molecule has 1 saturated heterocycles. The summed E-state index contributed by atoms with van der Waals surface area (Å²) in [6, 6.07) is 0.373. The molecule has 1 aromatic rings. The van der Waals surface area contributed by atoms with E-state index in [4.69, 9.17) is 0 Å². The second-order valence-corrected chi connectivity index (χ2v) is 6.61. The van der Waals surface area contributed by atoms with Gasteiger partial charge < -0.3 is 9.80 Å². The zero-order valence-electron chi connectivity index (χ0n) is 14.5. The fraction of sp³-hybridized carbons (Fsp3) is 0.765. The largest absolute Gasteiger partial charge is 0.336 e. The average molecular weight is 306 g/mol. The van der Waals surface area contributed by atoms with Crippen LogP contribution in [0.1, 0.15) is 55.1 Å². The fourth-order valence-electron chi connectivity index (χ4n) is 3.22. The molecule has 1 aliphatic heterocycles. The van der Waals surface area contributed by atoms with Gasteiger partial charge in [0.05, 0.1) is 11.8 Å². The molecule has 2 rings (SSSR count). The van der Waals surface area contributed by atoms with Gasteiger partial charge in [0.2, 0.25) is 0 Å². The van der Waals surface area contributed by atoms with Crippen LogP contribution in [-0.2, 0) is 6.54 Å². The molecule has 124 valence electrons. The van der Waals surface area contributed by atoms with Gasteiger partial charge in [-0.25, -0.2) is 0 Å². The van der Waals surface area contributed by atoms with Gasteiger partial charge in [-0.15, -0.1) is 0 Å². The van der Waals surface area contributed by atoms with Crippen molar-refractivity contribution in [3.05, 3.63) is 17.5 Å². The van der Waals surface area contributed by atoms with Crippen molar-refractivity contribution in [2.75, 3.05) is 27.2 Å². The number of aryl methyl sites for hydroxylation is 1. The summed E-state index contributed by atoms with van der Waals surface area (Å²) in [6.07, 6.45) is 7.32. The molecule has 0 spiro atoms. The number of aromatic nitrogens is 2. The lowest BCUT2D eigenvalue weighted by Gasteiger charge is -2.36. The van der Waals surface area contributed by atoms with Gasteiger partial charge in [0.25, 0.3) is 5.91 Å². The van der Waals surface area contributed by atoms with E-state index in [0.29, 0.717) is 6.04 Å². The predicted molar refractivity (Wildman–Crippen MR) is 89.1 cm³/mol. The first-order chi connectivity index (χ1) is 10.5. The first-order valence-electron chi connectivity index (χ1n) is 8.52. The zero-order chi connectivity index (χ0) is 16.1. The quantitative estimate of drug-likeness (QED) is 0.811. The molecule has 0 bridgehead atoms. The number of rotatable bonds is 6. The third-order valence-electron chi connectivity index (χ3n) is 4.57. The van der Waals surface area contributed by atoms with Crippen molar-refractivity contribution in [2.45, 2.75) is 58.5 Å². The molecule has 0 radical (unpaired) electrons. The first-order valence-corrected chi connectivity index (χ1v) is 8.52. The van der Waals surface area contributed by atoms with E-state index in [9.17, 15) is 4.79 Å². The van der Waals surface area contributed by atoms with Crippen LogP contribution in [0.15, 0.2) is 6.20 Å². The normalized spacial score (nSPS) is 19.0. The van der Waals surface area contributed by atoms with E-state index in [1.54, 1.807) is 6.20 Å². The number of hydrogen-bond acceptors (Lipinski definition) is 3. The van der Waals surface area contributed by atoms with Crippen LogP contribution in [0.4, 0.5) is 0 Å². The molecule has 1 aliphatic rings. The monoisotopic (exact) mass is 306 g/mol. The van der Waals surface area contributed by atoms with E-state index < -0.39 is 0 Å². The molecular formula is C17H30N4O. The van der Waals surface area contributed by atoms with E-state index in [1.807, 2.05) is 11.6 Å². The molecule has 2 heterocycles. The van der Waals surface area contributed by atoms with Crippen molar-refractivity contribution in [3.8, 4) is 0 Å². The van der Waals surface area contributed by atoms with Crippen LogP contribution in [0, 0.1) is 6.92 Å². The minimum Gasteiger partial charge on any atom is -0.336 e. The molecule has 1 atom stereocenters. The Bertz CT molecular complexity index is 495. The lowest BCUT2D eigenvalue weighted by Crippen LogP contribution is -2.45. The second kappa shape index (κ2) is 7.77. The van der Waals surface area contributed by atoms with Crippen LogP contribution >= 0.6 is 0 Å². The summed E-state index contributed by atoms with van der Waals surface area (Å²) in [5.74, 6) is 0.170. The van der Waals surface area contributed by atoms with E-state index in [-0.39, 0.29) is 5.91 Å². The van der Waals surface area contributed by atoms with Crippen molar-refractivity contribution >= 4 is 5.91 Å². The Labute approximate surface area is 134 Å². The molecule has 1 fully saturated rings. The number of piperidine rings is 1. The highest BCUT2D eigenvalue weighted by molar-refractivity contribution is 5.95. The summed E-state index contributed by atoms with van der Waals surface area (Å²) in [4.78, 5) is 17.2. The Balaban J connectivity index is 2.11. The molecule has 5 nitrogen and oxygen atoms in total. The molecule has 1 amide bonds. The van der Waals surface area contributed by atoms with Gasteiger partial charge in [0.1, 0.15) is 0 Å². The van der Waals surface area contributed by atoms with Gasteiger partial charge in [-0.05, 0) is 59.7 Å². The van der Waals surface area contributed by atoms with Gasteiger partial charge >= 0.3 is 0 Å². The molecule has 0 aromatic carbocycles. The first kappa shape index (κ1) is 17.0. The van der Waals surface area contributed by atoms with Crippen LogP contribution in [0.3, 0.4) is 0 Å². The van der Waals surface area contributed by atoms with Crippen molar-refractivity contribution in [3.63, 3.8) is 0 Å². The molecular weight excluding hydrogens is 276 g/mol. The molecule has 1 aromatic heterocycles. The lowest BCUT2D eigenvalue weighted by atomic mass is 9.98. The smallest absolute Gasteiger partial charge is 0.257 e. The summed E-state index contributed by atoms with van der Waals surface area (Å²) >= 11 is 0. The lowest BCUT2D eigenvalue weighted by molar-refractivity contribution is 0.0590. The highest BCUT2D eigenvalue weighted by Crippen LogP contribution is 2.23. The number of hydrogen-bond donors (Lipinski definition) is 0. The zero-order valence-corrected chi connectivity index (χ0v) is 14.5. The van der Waals surface area contributed by atoms with Gasteiger partial charge in [-0.3, -0.25) is 9.48 Å². The molecule has 0 saturated carbocycles. The molecule has 0 N–H and O–H groups in total. The number of nitrogens with zero attached hydrogens (tertiary/aromatic N) is 4. The fourth-order valence-corrected chi connectivity index (χ4v) is 3.22. The summed E-state index contributed by atoms with van der Waals surface area (Å²) in [5.41, 5.74) is 1.79. The van der Waals surface area contributed by atoms with Crippen LogP contribution in [0.25, 0.3) is 0 Å². The summed E-state index contributed by atoms with van der Waals surface area (Å²) in [7, 11) is 4.18. The minimum atomic E-state index is 0.170.